The van der Waals surface area contributed by atoms with E-state index in [2.05, 4.69) is 10.1 Å². The molecule has 0 aliphatic heterocycles. The summed E-state index contributed by atoms with van der Waals surface area (Å²) >= 11 is 6.33. The van der Waals surface area contributed by atoms with Gasteiger partial charge in [0.15, 0.2) is 5.65 Å². The lowest BCUT2D eigenvalue weighted by atomic mass is 9.99. The Morgan fingerprint density at radius 2 is 1.63 bits per heavy atom. The number of benzene rings is 2. The van der Waals surface area contributed by atoms with Crippen molar-refractivity contribution in [3.8, 4) is 22.4 Å². The van der Waals surface area contributed by atoms with Crippen LogP contribution in [0.5, 0.6) is 0 Å². The van der Waals surface area contributed by atoms with E-state index in [1.165, 1.54) is 22.8 Å². The summed E-state index contributed by atoms with van der Waals surface area (Å²) in [4.78, 5) is 4.34. The maximum absolute atomic E-state index is 12.9. The largest absolute Gasteiger partial charge is 0.416 e. The van der Waals surface area contributed by atoms with Crippen LogP contribution in [-0.2, 0) is 6.18 Å². The van der Waals surface area contributed by atoms with Crippen LogP contribution in [0, 0.1) is 0 Å². The van der Waals surface area contributed by atoms with Gasteiger partial charge in [0.25, 0.3) is 0 Å². The summed E-state index contributed by atoms with van der Waals surface area (Å²) in [6.45, 7) is 0. The van der Waals surface area contributed by atoms with Crippen molar-refractivity contribution >= 4 is 22.9 Å². The summed E-state index contributed by atoms with van der Waals surface area (Å²) in [5, 5.41) is 4.74. The van der Waals surface area contributed by atoms with E-state index < -0.39 is 11.7 Å². The molecule has 0 unspecified atom stereocenters. The van der Waals surface area contributed by atoms with E-state index in [4.69, 9.17) is 17.3 Å². The number of aromatic nitrogens is 3. The van der Waals surface area contributed by atoms with E-state index in [1.54, 1.807) is 18.3 Å². The van der Waals surface area contributed by atoms with E-state index in [0.717, 1.165) is 12.1 Å². The molecule has 4 rings (SSSR count). The first kappa shape index (κ1) is 17.4. The van der Waals surface area contributed by atoms with Gasteiger partial charge in [0.05, 0.1) is 23.1 Å². The van der Waals surface area contributed by atoms with Crippen LogP contribution in [0.3, 0.4) is 0 Å². The summed E-state index contributed by atoms with van der Waals surface area (Å²) < 4.78 is 40.3. The monoisotopic (exact) mass is 388 g/mol. The minimum absolute atomic E-state index is 0.369. The van der Waals surface area contributed by atoms with Crippen LogP contribution in [0.25, 0.3) is 28.0 Å². The van der Waals surface area contributed by atoms with Gasteiger partial charge in [-0.25, -0.2) is 9.50 Å². The maximum Gasteiger partial charge on any atom is 0.416 e. The number of hydrogen-bond donors (Lipinski definition) is 1. The normalized spacial score (nSPS) is 11.9. The third kappa shape index (κ3) is 3.00. The Kier molecular flexibility index (Phi) is 4.04. The van der Waals surface area contributed by atoms with Crippen molar-refractivity contribution in [3.63, 3.8) is 0 Å². The van der Waals surface area contributed by atoms with Gasteiger partial charge in [0.2, 0.25) is 0 Å². The van der Waals surface area contributed by atoms with Gasteiger partial charge in [-0.05, 0) is 18.2 Å². The molecule has 2 aromatic heterocycles. The number of nitrogen functional groups attached to an aromatic ring is 1. The van der Waals surface area contributed by atoms with E-state index >= 15 is 0 Å². The molecule has 0 atom stereocenters. The number of alkyl halides is 3. The first-order valence-electron chi connectivity index (χ1n) is 7.91. The molecular formula is C19H12ClF3N4. The second-order valence-corrected chi connectivity index (χ2v) is 6.32. The molecular weight excluding hydrogens is 377 g/mol. The number of nitrogens with two attached hydrogens (primary N) is 1. The van der Waals surface area contributed by atoms with Crippen molar-refractivity contribution in [2.24, 2.45) is 0 Å². The van der Waals surface area contributed by atoms with Crippen LogP contribution in [0.15, 0.2) is 60.9 Å². The van der Waals surface area contributed by atoms with Crippen LogP contribution in [-0.4, -0.2) is 14.6 Å². The number of hydrogen-bond acceptors (Lipinski definition) is 3. The molecule has 0 aliphatic rings. The lowest BCUT2D eigenvalue weighted by molar-refractivity contribution is -0.137. The van der Waals surface area contributed by atoms with E-state index in [9.17, 15) is 13.2 Å². The quantitative estimate of drug-likeness (QED) is 0.505. The Balaban J connectivity index is 2.00. The van der Waals surface area contributed by atoms with Crippen molar-refractivity contribution in [1.29, 1.82) is 0 Å². The van der Waals surface area contributed by atoms with Crippen molar-refractivity contribution in [2.45, 2.75) is 6.18 Å². The van der Waals surface area contributed by atoms with Gasteiger partial charge in [-0.15, -0.1) is 0 Å². The van der Waals surface area contributed by atoms with Crippen molar-refractivity contribution in [2.75, 3.05) is 5.73 Å². The lowest BCUT2D eigenvalue weighted by Gasteiger charge is -2.14. The molecule has 4 aromatic rings. The molecule has 136 valence electrons. The Morgan fingerprint density at radius 1 is 0.926 bits per heavy atom. The highest BCUT2D eigenvalue weighted by Gasteiger charge is 2.30. The van der Waals surface area contributed by atoms with Gasteiger partial charge in [-0.3, -0.25) is 0 Å². The molecule has 0 saturated carbocycles. The van der Waals surface area contributed by atoms with Crippen LogP contribution < -0.4 is 5.73 Å². The highest BCUT2D eigenvalue weighted by molar-refractivity contribution is 6.33. The minimum Gasteiger partial charge on any atom is -0.394 e. The first-order chi connectivity index (χ1) is 12.9. The standard InChI is InChI=1S/C19H12ClF3N4/c20-15-4-2-1-3-13(15)14-9-25-18-16(24)10-26-27(18)17(14)11-5-7-12(8-6-11)19(21,22)23/h1-10H,24H2. The van der Waals surface area contributed by atoms with E-state index in [0.29, 0.717) is 38.7 Å². The van der Waals surface area contributed by atoms with Crippen LogP contribution >= 0.6 is 11.6 Å². The van der Waals surface area contributed by atoms with E-state index in [1.807, 2.05) is 12.1 Å². The molecule has 0 fully saturated rings. The smallest absolute Gasteiger partial charge is 0.394 e. The molecule has 2 N–H and O–H groups in total. The summed E-state index contributed by atoms with van der Waals surface area (Å²) in [6.07, 6.45) is -1.36. The third-order valence-corrected chi connectivity index (χ3v) is 4.53. The average molecular weight is 389 g/mol. The van der Waals surface area contributed by atoms with Crippen molar-refractivity contribution in [1.82, 2.24) is 14.6 Å². The predicted molar refractivity (Wildman–Crippen MR) is 98.3 cm³/mol. The zero-order chi connectivity index (χ0) is 19.2. The molecule has 2 aromatic carbocycles. The van der Waals surface area contributed by atoms with E-state index in [-0.39, 0.29) is 0 Å². The number of anilines is 1. The third-order valence-electron chi connectivity index (χ3n) is 4.20. The van der Waals surface area contributed by atoms with Crippen molar-refractivity contribution in [3.05, 3.63) is 71.5 Å². The van der Waals surface area contributed by atoms with Gasteiger partial charge in [0.1, 0.15) is 0 Å². The summed E-state index contributed by atoms with van der Waals surface area (Å²) in [6, 6.07) is 12.0. The summed E-state index contributed by atoms with van der Waals surface area (Å²) in [5.41, 5.74) is 8.38. The first-order valence-corrected chi connectivity index (χ1v) is 8.29. The fourth-order valence-electron chi connectivity index (χ4n) is 2.92. The number of rotatable bonds is 2. The molecule has 2 heterocycles. The van der Waals surface area contributed by atoms with Gasteiger partial charge >= 0.3 is 6.18 Å². The fraction of sp³-hybridized carbons (Fsp3) is 0.0526. The lowest BCUT2D eigenvalue weighted by Crippen LogP contribution is -2.05. The minimum atomic E-state index is -4.41. The number of nitrogens with zero attached hydrogens (tertiary/aromatic N) is 3. The average Bonchev–Trinajstić information content (AvgIpc) is 3.02. The fourth-order valence-corrected chi connectivity index (χ4v) is 3.16. The zero-order valence-corrected chi connectivity index (χ0v) is 14.5. The molecule has 0 saturated heterocycles. The molecule has 0 spiro atoms. The molecule has 8 heteroatoms. The Hall–Kier alpha value is -3.06. The summed E-state index contributed by atoms with van der Waals surface area (Å²) in [7, 11) is 0. The van der Waals surface area contributed by atoms with Crippen LogP contribution in [0.2, 0.25) is 5.02 Å². The molecule has 0 bridgehead atoms. The second kappa shape index (κ2) is 6.28. The zero-order valence-electron chi connectivity index (χ0n) is 13.7. The van der Waals surface area contributed by atoms with Crippen LogP contribution in [0.4, 0.5) is 18.9 Å². The molecule has 0 radical (unpaired) electrons. The summed E-state index contributed by atoms with van der Waals surface area (Å²) in [5.74, 6) is 0. The van der Waals surface area contributed by atoms with Gasteiger partial charge in [0, 0.05) is 27.9 Å². The molecule has 4 nitrogen and oxygen atoms in total. The van der Waals surface area contributed by atoms with Gasteiger partial charge in [-0.2, -0.15) is 18.3 Å². The highest BCUT2D eigenvalue weighted by atomic mass is 35.5. The number of fused-ring (bicyclic) bond motifs is 1. The van der Waals surface area contributed by atoms with Crippen molar-refractivity contribution < 1.29 is 13.2 Å². The molecule has 0 aliphatic carbocycles. The molecule has 0 amide bonds. The Labute approximate surface area is 157 Å². The second-order valence-electron chi connectivity index (χ2n) is 5.91. The topological polar surface area (TPSA) is 56.2 Å². The van der Waals surface area contributed by atoms with Gasteiger partial charge < -0.3 is 5.73 Å². The highest BCUT2D eigenvalue weighted by Crippen LogP contribution is 2.37. The predicted octanol–water partition coefficient (Wildman–Crippen LogP) is 5.32. The van der Waals surface area contributed by atoms with Gasteiger partial charge in [-0.1, -0.05) is 41.9 Å². The Morgan fingerprint density at radius 3 is 2.30 bits per heavy atom. The number of halogens is 4. The molecule has 27 heavy (non-hydrogen) atoms. The maximum atomic E-state index is 12.9. The Bertz CT molecular complexity index is 1130. The van der Waals surface area contributed by atoms with Crippen LogP contribution in [0.1, 0.15) is 5.56 Å². The SMILES string of the molecule is Nc1cnn2c(-c3ccc(C(F)(F)F)cc3)c(-c3ccccc3Cl)cnc12.